The second kappa shape index (κ2) is 8.34. The van der Waals surface area contributed by atoms with Gasteiger partial charge in [0.25, 0.3) is 0 Å². The predicted molar refractivity (Wildman–Crippen MR) is 106 cm³/mol. The number of nitrogens with zero attached hydrogens (tertiary/aromatic N) is 3. The molecule has 2 heterocycles. The van der Waals surface area contributed by atoms with E-state index < -0.39 is 0 Å². The van der Waals surface area contributed by atoms with E-state index in [2.05, 4.69) is 30.3 Å². The molecular formula is C23H29N3O2. The van der Waals surface area contributed by atoms with E-state index in [4.69, 9.17) is 0 Å². The van der Waals surface area contributed by atoms with E-state index in [9.17, 15) is 14.9 Å². The number of nitriles is 1. The predicted octanol–water partition coefficient (Wildman–Crippen LogP) is 3.08. The number of amides is 2. The molecule has 0 radical (unpaired) electrons. The maximum absolute atomic E-state index is 13.0. The normalized spacial score (nSPS) is 26.8. The lowest BCUT2D eigenvalue weighted by Crippen LogP contribution is -2.49. The fraction of sp³-hybridized carbons (Fsp3) is 0.609. The number of carbonyl (C=O) groups is 2. The van der Waals surface area contributed by atoms with Crippen LogP contribution in [0.15, 0.2) is 24.3 Å². The summed E-state index contributed by atoms with van der Waals surface area (Å²) < 4.78 is 0. The highest BCUT2D eigenvalue weighted by atomic mass is 16.2. The van der Waals surface area contributed by atoms with Crippen molar-refractivity contribution in [2.75, 3.05) is 13.1 Å². The van der Waals surface area contributed by atoms with E-state index in [1.807, 2.05) is 0 Å². The molecule has 0 spiro atoms. The quantitative estimate of drug-likeness (QED) is 0.808. The van der Waals surface area contributed by atoms with E-state index in [0.717, 1.165) is 51.4 Å². The molecule has 0 aromatic heterocycles. The van der Waals surface area contributed by atoms with E-state index >= 15 is 0 Å². The zero-order valence-electron chi connectivity index (χ0n) is 16.5. The van der Waals surface area contributed by atoms with Crippen LogP contribution in [0.4, 0.5) is 0 Å². The van der Waals surface area contributed by atoms with Crippen molar-refractivity contribution in [3.05, 3.63) is 35.4 Å². The molecule has 5 nitrogen and oxygen atoms in total. The largest absolute Gasteiger partial charge is 0.331 e. The van der Waals surface area contributed by atoms with Crippen molar-refractivity contribution in [3.63, 3.8) is 0 Å². The van der Waals surface area contributed by atoms with Gasteiger partial charge in [0.05, 0.1) is 6.07 Å². The number of aryl methyl sites for hydroxylation is 1. The third-order valence-corrected chi connectivity index (χ3v) is 6.76. The van der Waals surface area contributed by atoms with Crippen LogP contribution in [0.5, 0.6) is 0 Å². The summed E-state index contributed by atoms with van der Waals surface area (Å²) in [5.74, 6) is 0.654. The minimum Gasteiger partial charge on any atom is -0.331 e. The van der Waals surface area contributed by atoms with Crippen LogP contribution in [-0.4, -0.2) is 46.8 Å². The summed E-state index contributed by atoms with van der Waals surface area (Å²) in [6.07, 6.45) is 7.98. The maximum Gasteiger partial charge on any atom is 0.246 e. The molecule has 4 rings (SSSR count). The van der Waals surface area contributed by atoms with Crippen LogP contribution in [0.3, 0.4) is 0 Å². The van der Waals surface area contributed by atoms with Crippen molar-refractivity contribution in [1.82, 2.24) is 9.80 Å². The first-order chi connectivity index (χ1) is 13.7. The van der Waals surface area contributed by atoms with Crippen LogP contribution in [0.25, 0.3) is 0 Å². The number of benzene rings is 1. The second-order valence-electron chi connectivity index (χ2n) is 8.48. The van der Waals surface area contributed by atoms with Gasteiger partial charge in [-0.2, -0.15) is 5.26 Å². The van der Waals surface area contributed by atoms with Crippen LogP contribution in [-0.2, 0) is 22.4 Å². The van der Waals surface area contributed by atoms with E-state index in [-0.39, 0.29) is 23.9 Å². The van der Waals surface area contributed by atoms with Crippen molar-refractivity contribution in [1.29, 1.82) is 5.26 Å². The third-order valence-electron chi connectivity index (χ3n) is 6.76. The Morgan fingerprint density at radius 1 is 1.04 bits per heavy atom. The van der Waals surface area contributed by atoms with E-state index in [1.165, 1.54) is 11.1 Å². The molecule has 0 unspecified atom stereocenters. The fourth-order valence-electron chi connectivity index (χ4n) is 5.17. The number of likely N-dealkylation sites (tertiary alicyclic amines) is 2. The fourth-order valence-corrected chi connectivity index (χ4v) is 5.17. The van der Waals surface area contributed by atoms with Gasteiger partial charge in [-0.25, -0.2) is 0 Å². The van der Waals surface area contributed by atoms with Gasteiger partial charge >= 0.3 is 0 Å². The average Bonchev–Trinajstić information content (AvgIpc) is 3.40. The van der Waals surface area contributed by atoms with Gasteiger partial charge < -0.3 is 9.80 Å². The van der Waals surface area contributed by atoms with Gasteiger partial charge in [0.2, 0.25) is 11.8 Å². The van der Waals surface area contributed by atoms with Gasteiger partial charge in [0, 0.05) is 19.5 Å². The Morgan fingerprint density at radius 3 is 2.61 bits per heavy atom. The highest BCUT2D eigenvalue weighted by Crippen LogP contribution is 2.30. The lowest BCUT2D eigenvalue weighted by atomic mass is 9.81. The minimum absolute atomic E-state index is 0.0125. The first-order valence-corrected chi connectivity index (χ1v) is 10.7. The molecule has 148 valence electrons. The third kappa shape index (κ3) is 3.78. The van der Waals surface area contributed by atoms with Crippen LogP contribution in [0, 0.1) is 17.2 Å². The average molecular weight is 380 g/mol. The van der Waals surface area contributed by atoms with Crippen LogP contribution >= 0.6 is 0 Å². The first kappa shape index (κ1) is 19.0. The Balaban J connectivity index is 1.33. The molecule has 5 heteroatoms. The highest BCUT2D eigenvalue weighted by molar-refractivity contribution is 5.88. The molecular weight excluding hydrogens is 350 g/mol. The molecule has 1 aromatic rings. The summed E-state index contributed by atoms with van der Waals surface area (Å²) in [5, 5.41) is 9.28. The zero-order chi connectivity index (χ0) is 19.5. The van der Waals surface area contributed by atoms with Crippen LogP contribution in [0.2, 0.25) is 0 Å². The van der Waals surface area contributed by atoms with Crippen molar-refractivity contribution in [2.24, 2.45) is 5.92 Å². The summed E-state index contributed by atoms with van der Waals surface area (Å²) >= 11 is 0. The molecule has 0 bridgehead atoms. The summed E-state index contributed by atoms with van der Waals surface area (Å²) in [6.45, 7) is 1.32. The summed E-state index contributed by atoms with van der Waals surface area (Å²) in [7, 11) is 0. The van der Waals surface area contributed by atoms with Crippen LogP contribution < -0.4 is 0 Å². The van der Waals surface area contributed by atoms with Crippen molar-refractivity contribution in [2.45, 2.75) is 69.9 Å². The molecule has 2 fully saturated rings. The van der Waals surface area contributed by atoms with E-state index in [0.29, 0.717) is 25.4 Å². The molecule has 0 saturated carbocycles. The topological polar surface area (TPSA) is 64.4 Å². The maximum atomic E-state index is 13.0. The first-order valence-electron chi connectivity index (χ1n) is 10.7. The lowest BCUT2D eigenvalue weighted by Gasteiger charge is -2.30. The number of hydrogen-bond donors (Lipinski definition) is 0. The summed E-state index contributed by atoms with van der Waals surface area (Å²) in [4.78, 5) is 29.4. The number of fused-ring (bicyclic) bond motifs is 1. The monoisotopic (exact) mass is 379 g/mol. The number of carbonyl (C=O) groups excluding carboxylic acids is 2. The molecule has 2 saturated heterocycles. The van der Waals surface area contributed by atoms with Gasteiger partial charge in [-0.05, 0) is 68.4 Å². The second-order valence-corrected chi connectivity index (χ2v) is 8.48. The Kier molecular flexibility index (Phi) is 5.66. The number of rotatable bonds is 4. The zero-order valence-corrected chi connectivity index (χ0v) is 16.5. The molecule has 1 aromatic carbocycles. The van der Waals surface area contributed by atoms with Gasteiger partial charge in [-0.1, -0.05) is 24.3 Å². The van der Waals surface area contributed by atoms with Crippen molar-refractivity contribution < 1.29 is 9.59 Å². The Bertz CT molecular complexity index is 784. The standard InChI is InChI=1S/C23H29N3O2/c24-16-20-7-3-13-25(20)23(28)21-8-4-14-26(21)22(27)12-10-17-9-11-18-5-1-2-6-19(18)15-17/h1-2,5-6,17,20-21H,3-4,7-15H2/t17-,20+,21+/m1/s1. The Hall–Kier alpha value is -2.35. The summed E-state index contributed by atoms with van der Waals surface area (Å²) in [5.41, 5.74) is 2.88. The lowest BCUT2D eigenvalue weighted by molar-refractivity contribution is -0.144. The molecule has 0 N–H and O–H groups in total. The number of hydrogen-bond acceptors (Lipinski definition) is 3. The Morgan fingerprint density at radius 2 is 1.79 bits per heavy atom. The molecule has 3 atom stereocenters. The summed E-state index contributed by atoms with van der Waals surface area (Å²) in [6, 6.07) is 10.2. The van der Waals surface area contributed by atoms with Gasteiger partial charge in [-0.15, -0.1) is 0 Å². The smallest absolute Gasteiger partial charge is 0.246 e. The molecule has 2 aliphatic heterocycles. The minimum atomic E-state index is -0.353. The molecule has 28 heavy (non-hydrogen) atoms. The SMILES string of the molecule is N#C[C@@H]1CCCN1C(=O)[C@@H]1CCCN1C(=O)CC[C@H]1CCc2ccccc2C1. The van der Waals surface area contributed by atoms with Gasteiger partial charge in [0.15, 0.2) is 0 Å². The van der Waals surface area contributed by atoms with E-state index in [1.54, 1.807) is 9.80 Å². The van der Waals surface area contributed by atoms with Crippen molar-refractivity contribution in [3.8, 4) is 6.07 Å². The molecule has 1 aliphatic carbocycles. The van der Waals surface area contributed by atoms with Gasteiger partial charge in [-0.3, -0.25) is 9.59 Å². The molecule has 2 amide bonds. The van der Waals surface area contributed by atoms with Crippen molar-refractivity contribution >= 4 is 11.8 Å². The van der Waals surface area contributed by atoms with Gasteiger partial charge in [0.1, 0.15) is 12.1 Å². The molecule has 3 aliphatic rings. The highest BCUT2D eigenvalue weighted by Gasteiger charge is 2.40. The van der Waals surface area contributed by atoms with Crippen LogP contribution in [0.1, 0.15) is 56.1 Å². The Labute approximate surface area is 167 Å².